The van der Waals surface area contributed by atoms with Gasteiger partial charge in [-0.15, -0.1) is 0 Å². The van der Waals surface area contributed by atoms with Crippen LogP contribution in [0.1, 0.15) is 38.5 Å². The number of aliphatic hydroxyl groups excluding tert-OH is 1. The molecule has 1 fully saturated rings. The molecule has 3 nitrogen and oxygen atoms in total. The Bertz CT molecular complexity index is 225. The Hall–Kier alpha value is -1.06. The summed E-state index contributed by atoms with van der Waals surface area (Å²) in [4.78, 5) is 0. The molecule has 0 aromatic carbocycles. The highest BCUT2D eigenvalue weighted by Gasteiger charge is 2.33. The van der Waals surface area contributed by atoms with Gasteiger partial charge in [0, 0.05) is 12.8 Å². The summed E-state index contributed by atoms with van der Waals surface area (Å²) in [6.07, 6.45) is 4.43. The van der Waals surface area contributed by atoms with Crippen molar-refractivity contribution in [2.45, 2.75) is 44.6 Å². The quantitative estimate of drug-likeness (QED) is 0.740. The van der Waals surface area contributed by atoms with Crippen LogP contribution in [0.4, 0.5) is 0 Å². The van der Waals surface area contributed by atoms with E-state index in [0.29, 0.717) is 24.7 Å². The van der Waals surface area contributed by atoms with Crippen molar-refractivity contribution >= 4 is 0 Å². The second kappa shape index (κ2) is 5.62. The van der Waals surface area contributed by atoms with E-state index in [4.69, 9.17) is 10.5 Å². The molecule has 0 aromatic heterocycles. The molecular formula is C11H16N2O. The van der Waals surface area contributed by atoms with Crippen molar-refractivity contribution in [3.05, 3.63) is 0 Å². The van der Waals surface area contributed by atoms with Gasteiger partial charge in [0.1, 0.15) is 0 Å². The third kappa shape index (κ3) is 2.72. The second-order valence-electron chi connectivity index (χ2n) is 3.98. The molecule has 1 aliphatic carbocycles. The fourth-order valence-corrected chi connectivity index (χ4v) is 2.28. The lowest BCUT2D eigenvalue weighted by molar-refractivity contribution is 0.0849. The van der Waals surface area contributed by atoms with Crippen molar-refractivity contribution in [3.63, 3.8) is 0 Å². The summed E-state index contributed by atoms with van der Waals surface area (Å²) in [5.74, 6) is 0.580. The molecule has 0 saturated heterocycles. The molecule has 76 valence electrons. The van der Waals surface area contributed by atoms with E-state index in [1.165, 1.54) is 0 Å². The van der Waals surface area contributed by atoms with Crippen LogP contribution < -0.4 is 0 Å². The summed E-state index contributed by atoms with van der Waals surface area (Å²) >= 11 is 0. The van der Waals surface area contributed by atoms with Gasteiger partial charge in [0.2, 0.25) is 0 Å². The summed E-state index contributed by atoms with van der Waals surface area (Å²) < 4.78 is 0. The summed E-state index contributed by atoms with van der Waals surface area (Å²) in [6.45, 7) is 0. The molecule has 0 heterocycles. The first-order valence-corrected chi connectivity index (χ1v) is 5.21. The van der Waals surface area contributed by atoms with Crippen LogP contribution in [0.5, 0.6) is 0 Å². The van der Waals surface area contributed by atoms with Gasteiger partial charge in [0.15, 0.2) is 0 Å². The van der Waals surface area contributed by atoms with Crippen molar-refractivity contribution < 1.29 is 5.11 Å². The highest BCUT2D eigenvalue weighted by atomic mass is 16.3. The van der Waals surface area contributed by atoms with Crippen molar-refractivity contribution in [2.24, 2.45) is 11.8 Å². The lowest BCUT2D eigenvalue weighted by Gasteiger charge is -2.17. The van der Waals surface area contributed by atoms with Crippen molar-refractivity contribution in [1.82, 2.24) is 0 Å². The standard InChI is InChI=1S/C11H16N2O/c12-7-1-3-9-5-6-10(11(9)14)4-2-8-13/h9-11,14H,1-6H2. The molecule has 2 unspecified atom stereocenters. The molecule has 0 bridgehead atoms. The van der Waals surface area contributed by atoms with Crippen molar-refractivity contribution in [2.75, 3.05) is 0 Å². The monoisotopic (exact) mass is 192 g/mol. The maximum Gasteiger partial charge on any atom is 0.0621 e. The van der Waals surface area contributed by atoms with Crippen LogP contribution in [-0.2, 0) is 0 Å². The van der Waals surface area contributed by atoms with E-state index < -0.39 is 0 Å². The molecule has 0 aromatic rings. The van der Waals surface area contributed by atoms with Gasteiger partial charge in [-0.2, -0.15) is 10.5 Å². The minimum atomic E-state index is -0.281. The fraction of sp³-hybridized carbons (Fsp3) is 0.818. The van der Waals surface area contributed by atoms with E-state index >= 15 is 0 Å². The number of nitrogens with zero attached hydrogens (tertiary/aromatic N) is 2. The molecule has 1 rings (SSSR count). The SMILES string of the molecule is N#CCCC1CCC(CCC#N)C1O. The Morgan fingerprint density at radius 3 is 1.79 bits per heavy atom. The largest absolute Gasteiger partial charge is 0.393 e. The van der Waals surface area contributed by atoms with Crippen LogP contribution in [0, 0.1) is 34.5 Å². The molecule has 0 spiro atoms. The summed E-state index contributed by atoms with van der Waals surface area (Å²) in [6, 6.07) is 4.22. The minimum Gasteiger partial charge on any atom is -0.393 e. The van der Waals surface area contributed by atoms with E-state index in [1.54, 1.807) is 0 Å². The number of hydrogen-bond acceptors (Lipinski definition) is 3. The molecular weight excluding hydrogens is 176 g/mol. The van der Waals surface area contributed by atoms with E-state index in [-0.39, 0.29) is 6.10 Å². The average Bonchev–Trinajstić information content (AvgIpc) is 2.54. The highest BCUT2D eigenvalue weighted by molar-refractivity contribution is 4.88. The van der Waals surface area contributed by atoms with Gasteiger partial charge in [0.25, 0.3) is 0 Å². The molecule has 0 amide bonds. The van der Waals surface area contributed by atoms with Gasteiger partial charge >= 0.3 is 0 Å². The van der Waals surface area contributed by atoms with E-state index in [9.17, 15) is 5.11 Å². The molecule has 14 heavy (non-hydrogen) atoms. The topological polar surface area (TPSA) is 67.8 Å². The zero-order valence-corrected chi connectivity index (χ0v) is 8.32. The Labute approximate surface area is 85.0 Å². The highest BCUT2D eigenvalue weighted by Crippen LogP contribution is 2.36. The maximum atomic E-state index is 9.88. The first-order chi connectivity index (χ1) is 6.79. The minimum absolute atomic E-state index is 0.281. The fourth-order valence-electron chi connectivity index (χ4n) is 2.28. The number of rotatable bonds is 4. The maximum absolute atomic E-state index is 9.88. The lowest BCUT2D eigenvalue weighted by atomic mass is 9.94. The van der Waals surface area contributed by atoms with E-state index in [1.807, 2.05) is 0 Å². The molecule has 1 aliphatic rings. The molecule has 3 heteroatoms. The first-order valence-electron chi connectivity index (χ1n) is 5.21. The van der Waals surface area contributed by atoms with E-state index in [0.717, 1.165) is 25.7 Å². The van der Waals surface area contributed by atoms with Crippen molar-refractivity contribution in [3.8, 4) is 12.1 Å². The van der Waals surface area contributed by atoms with Gasteiger partial charge in [-0.3, -0.25) is 0 Å². The van der Waals surface area contributed by atoms with E-state index in [2.05, 4.69) is 12.1 Å². The van der Waals surface area contributed by atoms with Gasteiger partial charge in [-0.05, 0) is 37.5 Å². The Balaban J connectivity index is 2.32. The zero-order chi connectivity index (χ0) is 10.4. The second-order valence-corrected chi connectivity index (χ2v) is 3.98. The van der Waals surface area contributed by atoms with Crippen LogP contribution in [0.3, 0.4) is 0 Å². The molecule has 0 aliphatic heterocycles. The normalized spacial score (nSPS) is 30.9. The third-order valence-corrected chi connectivity index (χ3v) is 3.13. The summed E-state index contributed by atoms with van der Waals surface area (Å²) in [5.41, 5.74) is 0. The van der Waals surface area contributed by atoms with Gasteiger partial charge in [-0.25, -0.2) is 0 Å². The van der Waals surface area contributed by atoms with Crippen molar-refractivity contribution in [1.29, 1.82) is 10.5 Å². The summed E-state index contributed by atoms with van der Waals surface area (Å²) in [5, 5.41) is 26.8. The van der Waals surface area contributed by atoms with Crippen LogP contribution in [0.2, 0.25) is 0 Å². The van der Waals surface area contributed by atoms with Crippen LogP contribution in [-0.4, -0.2) is 11.2 Å². The average molecular weight is 192 g/mol. The number of nitriles is 2. The predicted molar refractivity (Wildman–Crippen MR) is 51.9 cm³/mol. The first kappa shape index (κ1) is 11.0. The van der Waals surface area contributed by atoms with Gasteiger partial charge in [-0.1, -0.05) is 0 Å². The zero-order valence-electron chi connectivity index (χ0n) is 8.32. The Kier molecular flexibility index (Phi) is 4.43. The molecule has 1 saturated carbocycles. The van der Waals surface area contributed by atoms with Crippen LogP contribution >= 0.6 is 0 Å². The van der Waals surface area contributed by atoms with Gasteiger partial charge < -0.3 is 5.11 Å². The van der Waals surface area contributed by atoms with Crippen LogP contribution in [0.15, 0.2) is 0 Å². The smallest absolute Gasteiger partial charge is 0.0621 e. The van der Waals surface area contributed by atoms with Crippen LogP contribution in [0.25, 0.3) is 0 Å². The molecule has 0 radical (unpaired) electrons. The number of aliphatic hydroxyl groups is 1. The summed E-state index contributed by atoms with van der Waals surface area (Å²) in [7, 11) is 0. The third-order valence-electron chi connectivity index (χ3n) is 3.13. The molecule has 2 atom stereocenters. The predicted octanol–water partition coefficient (Wildman–Crippen LogP) is 1.98. The van der Waals surface area contributed by atoms with Gasteiger partial charge in [0.05, 0.1) is 18.2 Å². The number of hydrogen-bond donors (Lipinski definition) is 1. The molecule has 1 N–H and O–H groups in total. The lowest BCUT2D eigenvalue weighted by Crippen LogP contribution is -2.20. The Morgan fingerprint density at radius 1 is 1.00 bits per heavy atom. The Morgan fingerprint density at radius 2 is 1.43 bits per heavy atom.